The van der Waals surface area contributed by atoms with Crippen molar-refractivity contribution in [2.75, 3.05) is 0 Å². The molecule has 0 bridgehead atoms. The molecule has 0 aliphatic carbocycles. The van der Waals surface area contributed by atoms with Gasteiger partial charge in [0, 0.05) is 21.6 Å². The average molecular weight is 402 g/mol. The van der Waals surface area contributed by atoms with E-state index in [-0.39, 0.29) is 5.69 Å². The number of thiophene rings is 1. The van der Waals surface area contributed by atoms with Crippen molar-refractivity contribution in [2.24, 2.45) is 0 Å². The number of carboxylic acid groups (broad SMARTS) is 1. The smallest absolute Gasteiger partial charge is 0.416 e. The number of carboxylic acids is 1. The molecule has 2 aromatic heterocycles. The molecular formula is C20H13F3N2O2S. The number of fused-ring (bicyclic) bond motifs is 1. The van der Waals surface area contributed by atoms with E-state index in [0.717, 1.165) is 32.7 Å². The van der Waals surface area contributed by atoms with Crippen molar-refractivity contribution >= 4 is 27.4 Å². The molecule has 142 valence electrons. The van der Waals surface area contributed by atoms with Gasteiger partial charge in [-0.05, 0) is 29.1 Å². The Morgan fingerprint density at radius 3 is 2.64 bits per heavy atom. The van der Waals surface area contributed by atoms with Gasteiger partial charge in [0.2, 0.25) is 0 Å². The Kier molecular flexibility index (Phi) is 4.43. The predicted molar refractivity (Wildman–Crippen MR) is 101 cm³/mol. The van der Waals surface area contributed by atoms with Gasteiger partial charge in [0.15, 0.2) is 0 Å². The van der Waals surface area contributed by atoms with Crippen molar-refractivity contribution in [1.29, 1.82) is 0 Å². The summed E-state index contributed by atoms with van der Waals surface area (Å²) < 4.78 is 39.7. The predicted octanol–water partition coefficient (Wildman–Crippen LogP) is 5.60. The molecule has 0 aliphatic heterocycles. The number of nitrogens with zero attached hydrogens (tertiary/aromatic N) is 1. The van der Waals surface area contributed by atoms with Crippen LogP contribution < -0.4 is 0 Å². The van der Waals surface area contributed by atoms with Crippen LogP contribution in [0.2, 0.25) is 0 Å². The zero-order chi connectivity index (χ0) is 19.9. The van der Waals surface area contributed by atoms with E-state index >= 15 is 0 Å². The van der Waals surface area contributed by atoms with E-state index < -0.39 is 17.7 Å². The summed E-state index contributed by atoms with van der Waals surface area (Å²) in [5.41, 5.74) is 0.663. The quantitative estimate of drug-likeness (QED) is 0.467. The number of aromatic nitrogens is 2. The molecule has 2 heterocycles. The normalized spacial score (nSPS) is 11.8. The van der Waals surface area contributed by atoms with Gasteiger partial charge in [0.25, 0.3) is 0 Å². The van der Waals surface area contributed by atoms with E-state index in [2.05, 4.69) is 9.97 Å². The Bertz CT molecular complexity index is 1180. The molecule has 28 heavy (non-hydrogen) atoms. The number of rotatable bonds is 4. The second-order valence-electron chi connectivity index (χ2n) is 6.26. The maximum atomic E-state index is 12.9. The number of benzene rings is 2. The van der Waals surface area contributed by atoms with Gasteiger partial charge in [-0.1, -0.05) is 30.3 Å². The molecule has 4 aromatic rings. The lowest BCUT2D eigenvalue weighted by atomic mass is 10.1. The van der Waals surface area contributed by atoms with E-state index in [1.165, 1.54) is 23.6 Å². The Hall–Kier alpha value is -3.13. The highest BCUT2D eigenvalue weighted by molar-refractivity contribution is 7.19. The lowest BCUT2D eigenvalue weighted by molar-refractivity contribution is -0.137. The average Bonchev–Trinajstić information content (AvgIpc) is 3.27. The van der Waals surface area contributed by atoms with Gasteiger partial charge >= 0.3 is 12.1 Å². The van der Waals surface area contributed by atoms with Crippen molar-refractivity contribution in [3.05, 3.63) is 76.4 Å². The molecule has 2 aromatic carbocycles. The highest BCUT2D eigenvalue weighted by Crippen LogP contribution is 2.35. The first-order valence-electron chi connectivity index (χ1n) is 8.27. The van der Waals surface area contributed by atoms with Crippen molar-refractivity contribution in [3.8, 4) is 11.4 Å². The van der Waals surface area contributed by atoms with E-state index in [1.54, 1.807) is 6.07 Å². The van der Waals surface area contributed by atoms with Crippen molar-refractivity contribution in [3.63, 3.8) is 0 Å². The Morgan fingerprint density at radius 1 is 1.14 bits per heavy atom. The number of alkyl halides is 3. The molecule has 4 nitrogen and oxygen atoms in total. The summed E-state index contributed by atoms with van der Waals surface area (Å²) >= 11 is 1.46. The molecule has 0 saturated heterocycles. The molecule has 0 amide bonds. The minimum atomic E-state index is -4.37. The monoisotopic (exact) mass is 402 g/mol. The van der Waals surface area contributed by atoms with E-state index in [4.69, 9.17) is 5.11 Å². The molecule has 4 rings (SSSR count). The SMILES string of the molecule is O=C(O)c1cnc(-c2cccc3cc(Cc4cccc(C(F)(F)F)c4)sc23)[nH]1. The molecule has 8 heteroatoms. The number of aromatic carboxylic acids is 1. The second-order valence-corrected chi connectivity index (χ2v) is 7.40. The lowest BCUT2D eigenvalue weighted by Crippen LogP contribution is -2.05. The first-order chi connectivity index (χ1) is 13.3. The number of imidazole rings is 1. The summed E-state index contributed by atoms with van der Waals surface area (Å²) in [6.07, 6.45) is -2.74. The van der Waals surface area contributed by atoms with Crippen LogP contribution in [0.1, 0.15) is 26.5 Å². The largest absolute Gasteiger partial charge is 0.477 e. The Morgan fingerprint density at radius 2 is 1.93 bits per heavy atom. The fourth-order valence-corrected chi connectivity index (χ4v) is 4.22. The molecule has 0 radical (unpaired) electrons. The summed E-state index contributed by atoms with van der Waals surface area (Å²) in [5.74, 6) is -0.655. The number of aromatic amines is 1. The van der Waals surface area contributed by atoms with E-state index in [9.17, 15) is 18.0 Å². The molecule has 0 atom stereocenters. The van der Waals surface area contributed by atoms with Crippen LogP contribution in [0.15, 0.2) is 54.7 Å². The van der Waals surface area contributed by atoms with Gasteiger partial charge in [-0.2, -0.15) is 13.2 Å². The highest BCUT2D eigenvalue weighted by atomic mass is 32.1. The molecule has 0 saturated carbocycles. The van der Waals surface area contributed by atoms with E-state index in [0.29, 0.717) is 17.8 Å². The van der Waals surface area contributed by atoms with Crippen LogP contribution in [0.3, 0.4) is 0 Å². The number of hydrogen-bond acceptors (Lipinski definition) is 3. The number of halogens is 3. The first-order valence-corrected chi connectivity index (χ1v) is 9.09. The van der Waals surface area contributed by atoms with Gasteiger partial charge in [0.05, 0.1) is 11.8 Å². The van der Waals surface area contributed by atoms with Crippen LogP contribution in [0.4, 0.5) is 13.2 Å². The second kappa shape index (κ2) is 6.79. The summed E-state index contributed by atoms with van der Waals surface area (Å²) in [5, 5.41) is 9.99. The Balaban J connectivity index is 1.70. The molecular weight excluding hydrogens is 389 g/mol. The molecule has 0 aliphatic rings. The van der Waals surface area contributed by atoms with Crippen molar-refractivity contribution < 1.29 is 23.1 Å². The standard InChI is InChI=1S/C20H13F3N2O2S/c21-20(22,23)13-5-1-3-11(7-13)8-14-9-12-4-2-6-15(17(12)28-14)18-24-10-16(25-18)19(26)27/h1-7,9-10H,8H2,(H,24,25)(H,26,27). The molecule has 0 fully saturated rings. The van der Waals surface area contributed by atoms with Crippen LogP contribution in [0.25, 0.3) is 21.5 Å². The fourth-order valence-electron chi connectivity index (χ4n) is 3.02. The van der Waals surface area contributed by atoms with Crippen LogP contribution >= 0.6 is 11.3 Å². The fraction of sp³-hybridized carbons (Fsp3) is 0.100. The summed E-state index contributed by atoms with van der Waals surface area (Å²) in [6, 6.07) is 12.8. The third kappa shape index (κ3) is 3.50. The molecule has 2 N–H and O–H groups in total. The van der Waals surface area contributed by atoms with Gasteiger partial charge in [0.1, 0.15) is 11.5 Å². The third-order valence-corrected chi connectivity index (χ3v) is 5.47. The van der Waals surface area contributed by atoms with Crippen LogP contribution in [0, 0.1) is 0 Å². The maximum absolute atomic E-state index is 12.9. The lowest BCUT2D eigenvalue weighted by Gasteiger charge is -2.08. The first kappa shape index (κ1) is 18.2. The van der Waals surface area contributed by atoms with Gasteiger partial charge in [-0.15, -0.1) is 11.3 Å². The number of H-pyrrole nitrogens is 1. The molecule has 0 spiro atoms. The zero-order valence-electron chi connectivity index (χ0n) is 14.2. The Labute approximate surface area is 161 Å². The third-order valence-electron chi connectivity index (χ3n) is 4.29. The van der Waals surface area contributed by atoms with Gasteiger partial charge in [-0.3, -0.25) is 0 Å². The number of nitrogens with one attached hydrogen (secondary N) is 1. The minimum Gasteiger partial charge on any atom is -0.477 e. The molecule has 0 unspecified atom stereocenters. The van der Waals surface area contributed by atoms with Crippen LogP contribution in [-0.4, -0.2) is 21.0 Å². The highest BCUT2D eigenvalue weighted by Gasteiger charge is 2.30. The van der Waals surface area contributed by atoms with Crippen LogP contribution in [0.5, 0.6) is 0 Å². The van der Waals surface area contributed by atoms with Crippen LogP contribution in [-0.2, 0) is 12.6 Å². The topological polar surface area (TPSA) is 66.0 Å². The zero-order valence-corrected chi connectivity index (χ0v) is 15.1. The summed E-state index contributed by atoms with van der Waals surface area (Å²) in [4.78, 5) is 18.9. The van der Waals surface area contributed by atoms with Gasteiger partial charge in [-0.25, -0.2) is 9.78 Å². The van der Waals surface area contributed by atoms with Crippen molar-refractivity contribution in [1.82, 2.24) is 9.97 Å². The maximum Gasteiger partial charge on any atom is 0.416 e. The summed E-state index contributed by atoms with van der Waals surface area (Å²) in [6.45, 7) is 0. The van der Waals surface area contributed by atoms with Gasteiger partial charge < -0.3 is 10.1 Å². The number of carbonyl (C=O) groups is 1. The summed E-state index contributed by atoms with van der Waals surface area (Å²) in [7, 11) is 0. The minimum absolute atomic E-state index is 0.00671. The van der Waals surface area contributed by atoms with E-state index in [1.807, 2.05) is 24.3 Å². The van der Waals surface area contributed by atoms with Crippen molar-refractivity contribution in [2.45, 2.75) is 12.6 Å². The number of hydrogen-bond donors (Lipinski definition) is 2.